The zero-order valence-corrected chi connectivity index (χ0v) is 12.6. The van der Waals surface area contributed by atoms with Crippen LogP contribution in [0.25, 0.3) is 0 Å². The molecule has 114 valence electrons. The molecule has 0 bridgehead atoms. The molecule has 20 heavy (non-hydrogen) atoms. The molecule has 0 saturated heterocycles. The van der Waals surface area contributed by atoms with Crippen molar-refractivity contribution in [1.82, 2.24) is 5.32 Å². The predicted molar refractivity (Wildman–Crippen MR) is 77.1 cm³/mol. The third kappa shape index (κ3) is 3.33. The molecule has 2 aliphatic rings. The summed E-state index contributed by atoms with van der Waals surface area (Å²) in [5, 5.41) is 12.3. The number of carboxylic acid groups (broad SMARTS) is 1. The van der Waals surface area contributed by atoms with E-state index in [2.05, 4.69) is 19.2 Å². The van der Waals surface area contributed by atoms with E-state index >= 15 is 0 Å². The van der Waals surface area contributed by atoms with E-state index in [9.17, 15) is 14.7 Å². The highest BCUT2D eigenvalue weighted by Gasteiger charge is 2.42. The molecule has 4 nitrogen and oxygen atoms in total. The van der Waals surface area contributed by atoms with E-state index in [1.807, 2.05) is 0 Å². The lowest BCUT2D eigenvalue weighted by Crippen LogP contribution is -2.38. The van der Waals surface area contributed by atoms with Crippen LogP contribution < -0.4 is 5.32 Å². The fourth-order valence-electron chi connectivity index (χ4n) is 3.93. The van der Waals surface area contributed by atoms with Crippen molar-refractivity contribution < 1.29 is 14.7 Å². The summed E-state index contributed by atoms with van der Waals surface area (Å²) in [7, 11) is 0. The van der Waals surface area contributed by atoms with E-state index < -0.39 is 11.9 Å². The number of carbonyl (C=O) groups excluding carboxylic acids is 1. The second-order valence-corrected chi connectivity index (χ2v) is 6.71. The zero-order valence-electron chi connectivity index (χ0n) is 12.6. The van der Waals surface area contributed by atoms with Gasteiger partial charge >= 0.3 is 5.97 Å². The maximum Gasteiger partial charge on any atom is 0.307 e. The van der Waals surface area contributed by atoms with Gasteiger partial charge in [-0.2, -0.15) is 0 Å². The van der Waals surface area contributed by atoms with Gasteiger partial charge in [0.1, 0.15) is 0 Å². The number of nitrogens with one attached hydrogen (secondary N) is 1. The summed E-state index contributed by atoms with van der Waals surface area (Å²) in [6, 6.07) is 0. The summed E-state index contributed by atoms with van der Waals surface area (Å²) >= 11 is 0. The number of aliphatic carboxylic acids is 1. The SMILES string of the molecule is CCC1CC(C(=O)O)C(C(=O)NCC2CCCC2C)C1. The normalized spacial score (nSPS) is 37.0. The Hall–Kier alpha value is -1.06. The molecule has 2 saturated carbocycles. The van der Waals surface area contributed by atoms with Crippen molar-refractivity contribution in [3.8, 4) is 0 Å². The minimum atomic E-state index is -0.810. The highest BCUT2D eigenvalue weighted by molar-refractivity contribution is 5.85. The van der Waals surface area contributed by atoms with Crippen molar-refractivity contribution in [3.63, 3.8) is 0 Å². The molecule has 0 spiro atoms. The molecule has 0 radical (unpaired) electrons. The number of hydrogen-bond acceptors (Lipinski definition) is 2. The molecule has 4 heteroatoms. The van der Waals surface area contributed by atoms with Gasteiger partial charge in [0.2, 0.25) is 5.91 Å². The highest BCUT2D eigenvalue weighted by Crippen LogP contribution is 2.38. The van der Waals surface area contributed by atoms with Gasteiger partial charge in [-0.1, -0.05) is 33.1 Å². The quantitative estimate of drug-likeness (QED) is 0.814. The third-order valence-electron chi connectivity index (χ3n) is 5.47. The Bertz CT molecular complexity index is 369. The number of rotatable bonds is 5. The molecule has 2 rings (SSSR count). The molecule has 1 amide bonds. The first-order chi connectivity index (χ1) is 9.52. The van der Waals surface area contributed by atoms with E-state index in [1.165, 1.54) is 19.3 Å². The van der Waals surface area contributed by atoms with Crippen molar-refractivity contribution in [2.75, 3.05) is 6.54 Å². The van der Waals surface area contributed by atoms with Crippen LogP contribution in [0.5, 0.6) is 0 Å². The maximum absolute atomic E-state index is 12.3. The van der Waals surface area contributed by atoms with E-state index in [0.717, 1.165) is 19.4 Å². The molecule has 2 N–H and O–H groups in total. The Kier molecular flexibility index (Phi) is 5.06. The first-order valence-electron chi connectivity index (χ1n) is 8.03. The average Bonchev–Trinajstić information content (AvgIpc) is 3.02. The van der Waals surface area contributed by atoms with E-state index in [1.54, 1.807) is 0 Å². The fourth-order valence-corrected chi connectivity index (χ4v) is 3.93. The van der Waals surface area contributed by atoms with Crippen LogP contribution in [0, 0.1) is 29.6 Å². The van der Waals surface area contributed by atoms with Gasteiger partial charge in [0, 0.05) is 6.54 Å². The lowest BCUT2D eigenvalue weighted by atomic mass is 9.94. The summed E-state index contributed by atoms with van der Waals surface area (Å²) in [5.74, 6) is -0.0155. The van der Waals surface area contributed by atoms with Gasteiger partial charge in [0.15, 0.2) is 0 Å². The molecule has 0 aliphatic heterocycles. The Balaban J connectivity index is 1.88. The van der Waals surface area contributed by atoms with Crippen molar-refractivity contribution >= 4 is 11.9 Å². The summed E-state index contributed by atoms with van der Waals surface area (Å²) in [5.41, 5.74) is 0. The Morgan fingerprint density at radius 1 is 1.20 bits per heavy atom. The van der Waals surface area contributed by atoms with Gasteiger partial charge in [0.25, 0.3) is 0 Å². The summed E-state index contributed by atoms with van der Waals surface area (Å²) in [6.07, 6.45) is 6.04. The summed E-state index contributed by atoms with van der Waals surface area (Å²) in [4.78, 5) is 23.6. The van der Waals surface area contributed by atoms with Gasteiger partial charge in [-0.3, -0.25) is 9.59 Å². The predicted octanol–water partition coefficient (Wildman–Crippen LogP) is 2.68. The van der Waals surface area contributed by atoms with Crippen molar-refractivity contribution in [3.05, 3.63) is 0 Å². The van der Waals surface area contributed by atoms with Crippen molar-refractivity contribution in [2.24, 2.45) is 29.6 Å². The molecule has 5 unspecified atom stereocenters. The molecule has 2 aliphatic carbocycles. The standard InChI is InChI=1S/C16H27NO3/c1-3-11-7-13(14(8-11)16(19)20)15(18)17-9-12-6-4-5-10(12)2/h10-14H,3-9H2,1-2H3,(H,17,18)(H,19,20). The number of amides is 1. The Morgan fingerprint density at radius 2 is 1.90 bits per heavy atom. The highest BCUT2D eigenvalue weighted by atomic mass is 16.4. The van der Waals surface area contributed by atoms with Crippen LogP contribution >= 0.6 is 0 Å². The van der Waals surface area contributed by atoms with Gasteiger partial charge in [-0.05, 0) is 37.0 Å². The number of carbonyl (C=O) groups is 2. The van der Waals surface area contributed by atoms with Crippen LogP contribution in [0.1, 0.15) is 52.4 Å². The van der Waals surface area contributed by atoms with Gasteiger partial charge < -0.3 is 10.4 Å². The molecule has 0 aromatic carbocycles. The zero-order chi connectivity index (χ0) is 14.7. The molecular weight excluding hydrogens is 254 g/mol. The minimum Gasteiger partial charge on any atom is -0.481 e. The lowest BCUT2D eigenvalue weighted by Gasteiger charge is -2.19. The average molecular weight is 281 g/mol. The van der Waals surface area contributed by atoms with Crippen LogP contribution in [0.3, 0.4) is 0 Å². The fraction of sp³-hybridized carbons (Fsp3) is 0.875. The van der Waals surface area contributed by atoms with Crippen LogP contribution in [0.2, 0.25) is 0 Å². The summed E-state index contributed by atoms with van der Waals surface area (Å²) in [6.45, 7) is 5.04. The van der Waals surface area contributed by atoms with Crippen LogP contribution in [-0.4, -0.2) is 23.5 Å². The van der Waals surface area contributed by atoms with Gasteiger partial charge in [-0.25, -0.2) is 0 Å². The minimum absolute atomic E-state index is 0.0348. The molecule has 0 aromatic rings. The number of hydrogen-bond donors (Lipinski definition) is 2. The van der Waals surface area contributed by atoms with E-state index in [-0.39, 0.29) is 11.8 Å². The van der Waals surface area contributed by atoms with Crippen molar-refractivity contribution in [2.45, 2.75) is 52.4 Å². The maximum atomic E-state index is 12.3. The van der Waals surface area contributed by atoms with Crippen LogP contribution in [-0.2, 0) is 9.59 Å². The monoisotopic (exact) mass is 281 g/mol. The number of carboxylic acids is 1. The Labute approximate surface area is 121 Å². The van der Waals surface area contributed by atoms with Crippen LogP contribution in [0.4, 0.5) is 0 Å². The second kappa shape index (κ2) is 6.59. The largest absolute Gasteiger partial charge is 0.481 e. The molecule has 5 atom stereocenters. The smallest absolute Gasteiger partial charge is 0.307 e. The van der Waals surface area contributed by atoms with E-state index in [4.69, 9.17) is 0 Å². The van der Waals surface area contributed by atoms with Gasteiger partial charge in [0.05, 0.1) is 11.8 Å². The molecule has 0 heterocycles. The lowest BCUT2D eigenvalue weighted by molar-refractivity contribution is -0.146. The molecular formula is C16H27NO3. The van der Waals surface area contributed by atoms with Crippen LogP contribution in [0.15, 0.2) is 0 Å². The van der Waals surface area contributed by atoms with Gasteiger partial charge in [-0.15, -0.1) is 0 Å². The molecule has 0 aromatic heterocycles. The van der Waals surface area contributed by atoms with Crippen molar-refractivity contribution in [1.29, 1.82) is 0 Å². The second-order valence-electron chi connectivity index (χ2n) is 6.71. The van der Waals surface area contributed by atoms with E-state index in [0.29, 0.717) is 24.2 Å². The third-order valence-corrected chi connectivity index (χ3v) is 5.47. The Morgan fingerprint density at radius 3 is 2.45 bits per heavy atom. The first kappa shape index (κ1) is 15.3. The topological polar surface area (TPSA) is 66.4 Å². The first-order valence-corrected chi connectivity index (χ1v) is 8.03. The summed E-state index contributed by atoms with van der Waals surface area (Å²) < 4.78 is 0. The molecule has 2 fully saturated rings.